The van der Waals surface area contributed by atoms with Crippen LogP contribution in [0.15, 0.2) is 0 Å². The monoisotopic (exact) mass is 267 g/mol. The van der Waals surface area contributed by atoms with Crippen molar-refractivity contribution in [3.8, 4) is 0 Å². The average molecular weight is 267 g/mol. The first kappa shape index (κ1) is 13.3. The van der Waals surface area contributed by atoms with Gasteiger partial charge in [-0.1, -0.05) is 0 Å². The van der Waals surface area contributed by atoms with Crippen LogP contribution in [0.3, 0.4) is 0 Å². The summed E-state index contributed by atoms with van der Waals surface area (Å²) in [6, 6.07) is -0.0322. The maximum absolute atomic E-state index is 9.95. The van der Waals surface area contributed by atoms with E-state index in [9.17, 15) is 10.2 Å². The molecule has 3 aliphatic rings. The predicted molar refractivity (Wildman–Crippen MR) is 67.4 cm³/mol. The quantitative estimate of drug-likeness (QED) is 0.729. The van der Waals surface area contributed by atoms with Gasteiger partial charge in [0.25, 0.3) is 0 Å². The first-order valence-electron chi connectivity index (χ1n) is 7.10. The molecule has 2 bridgehead atoms. The van der Waals surface area contributed by atoms with Crippen LogP contribution in [0.4, 0.5) is 0 Å². The zero-order chi connectivity index (χ0) is 13.6. The molecule has 3 rings (SSSR count). The number of hydrogen-bond donors (Lipinski definition) is 2. The lowest BCUT2D eigenvalue weighted by molar-refractivity contribution is -0.178. The Hall–Kier alpha value is -0.670. The van der Waals surface area contributed by atoms with Crippen LogP contribution in [0, 0.1) is 6.57 Å². The van der Waals surface area contributed by atoms with Crippen LogP contribution in [0.1, 0.15) is 39.0 Å². The van der Waals surface area contributed by atoms with Gasteiger partial charge >= 0.3 is 0 Å². The zero-order valence-corrected chi connectivity index (χ0v) is 11.2. The van der Waals surface area contributed by atoms with Gasteiger partial charge < -0.3 is 24.5 Å². The van der Waals surface area contributed by atoms with E-state index in [2.05, 4.69) is 4.85 Å². The highest BCUT2D eigenvalue weighted by Crippen LogP contribution is 2.49. The van der Waals surface area contributed by atoms with Crippen molar-refractivity contribution in [2.45, 2.75) is 81.2 Å². The molecule has 1 saturated carbocycles. The Morgan fingerprint density at radius 3 is 2.89 bits per heavy atom. The zero-order valence-electron chi connectivity index (χ0n) is 11.2. The van der Waals surface area contributed by atoms with E-state index in [0.717, 1.165) is 19.3 Å². The summed E-state index contributed by atoms with van der Waals surface area (Å²) >= 11 is 0. The number of fused-ring (bicyclic) bond motifs is 1. The van der Waals surface area contributed by atoms with Gasteiger partial charge in [-0.15, -0.1) is 0 Å². The number of nitrogens with zero attached hydrogens (tertiary/aromatic N) is 1. The molecule has 2 N–H and O–H groups in total. The predicted octanol–water partition coefficient (Wildman–Crippen LogP) is 0.885. The minimum absolute atomic E-state index is 0.0104. The van der Waals surface area contributed by atoms with E-state index in [-0.39, 0.29) is 24.4 Å². The van der Waals surface area contributed by atoms with Gasteiger partial charge in [-0.25, -0.2) is 6.57 Å². The highest BCUT2D eigenvalue weighted by Gasteiger charge is 2.59. The van der Waals surface area contributed by atoms with Gasteiger partial charge in [-0.05, 0) is 12.8 Å². The molecule has 106 valence electrons. The summed E-state index contributed by atoms with van der Waals surface area (Å²) in [5.41, 5.74) is -0.437. The first-order valence-corrected chi connectivity index (χ1v) is 7.10. The first-order chi connectivity index (χ1) is 9.04. The van der Waals surface area contributed by atoms with E-state index < -0.39 is 17.8 Å². The number of aliphatic hydroxyl groups excluding tert-OH is 2. The summed E-state index contributed by atoms with van der Waals surface area (Å²) in [5.74, 6) is 0. The molecule has 1 aliphatic carbocycles. The number of ether oxygens (including phenoxy) is 2. The van der Waals surface area contributed by atoms with E-state index in [0.29, 0.717) is 12.8 Å². The molecule has 0 radical (unpaired) electrons. The molecule has 0 aromatic rings. The Balaban J connectivity index is 1.73. The molecular formula is C14H21NO4. The van der Waals surface area contributed by atoms with Crippen molar-refractivity contribution in [3.05, 3.63) is 11.4 Å². The van der Waals surface area contributed by atoms with E-state index in [1.54, 1.807) is 0 Å². The Morgan fingerprint density at radius 2 is 2.16 bits per heavy atom. The normalized spacial score (nSPS) is 50.3. The van der Waals surface area contributed by atoms with Crippen LogP contribution < -0.4 is 0 Å². The Morgan fingerprint density at radius 1 is 1.37 bits per heavy atom. The van der Waals surface area contributed by atoms with E-state index in [1.807, 2.05) is 6.92 Å². The van der Waals surface area contributed by atoms with Crippen LogP contribution in [-0.2, 0) is 9.47 Å². The van der Waals surface area contributed by atoms with Crippen LogP contribution in [0.2, 0.25) is 0 Å². The smallest absolute Gasteiger partial charge is 0.223 e. The minimum Gasteiger partial charge on any atom is -0.390 e. The van der Waals surface area contributed by atoms with Crippen molar-refractivity contribution in [2.24, 2.45) is 0 Å². The standard InChI is InChI=1S/C14H21NO4/c1-8(15-2)5-9-3-4-12-14(19-9)6-10(16)13(17)11(7-14)18-12/h8-13,16-17H,3-7H2,1H3/t8-,9?,10-,11-,12+,13?,14+/m1/s1. The molecule has 0 aromatic heterocycles. The largest absolute Gasteiger partial charge is 0.390 e. The summed E-state index contributed by atoms with van der Waals surface area (Å²) in [6.07, 6.45) is 1.84. The van der Waals surface area contributed by atoms with E-state index >= 15 is 0 Å². The molecule has 5 nitrogen and oxygen atoms in total. The molecule has 2 saturated heterocycles. The average Bonchev–Trinajstić information content (AvgIpc) is 2.70. The van der Waals surface area contributed by atoms with Gasteiger partial charge in [0.2, 0.25) is 6.04 Å². The lowest BCUT2D eigenvalue weighted by atomic mass is 9.76. The number of hydrogen-bond acceptors (Lipinski definition) is 4. The molecule has 1 spiro atoms. The molecule has 5 heteroatoms. The molecule has 0 amide bonds. The number of aliphatic hydroxyl groups is 2. The van der Waals surface area contributed by atoms with E-state index in [4.69, 9.17) is 16.0 Å². The van der Waals surface area contributed by atoms with Crippen molar-refractivity contribution < 1.29 is 19.7 Å². The van der Waals surface area contributed by atoms with Crippen LogP contribution >= 0.6 is 0 Å². The van der Waals surface area contributed by atoms with Gasteiger partial charge in [-0.2, -0.15) is 0 Å². The molecule has 0 aromatic carbocycles. The van der Waals surface area contributed by atoms with Crippen LogP contribution in [-0.4, -0.2) is 52.4 Å². The maximum Gasteiger partial charge on any atom is 0.223 e. The molecule has 19 heavy (non-hydrogen) atoms. The third kappa shape index (κ3) is 2.17. The van der Waals surface area contributed by atoms with Gasteiger partial charge in [-0.3, -0.25) is 0 Å². The lowest BCUT2D eigenvalue weighted by Gasteiger charge is -2.44. The third-order valence-electron chi connectivity index (χ3n) is 4.78. The molecule has 2 heterocycles. The Bertz CT molecular complexity index is 395. The van der Waals surface area contributed by atoms with Crippen LogP contribution in [0.5, 0.6) is 0 Å². The topological polar surface area (TPSA) is 63.3 Å². The second-order valence-electron chi connectivity index (χ2n) is 6.23. The van der Waals surface area contributed by atoms with E-state index in [1.165, 1.54) is 0 Å². The minimum atomic E-state index is -0.791. The van der Waals surface area contributed by atoms with Crippen LogP contribution in [0.25, 0.3) is 4.85 Å². The fourth-order valence-electron chi connectivity index (χ4n) is 3.82. The third-order valence-corrected chi connectivity index (χ3v) is 4.78. The Labute approximate surface area is 113 Å². The summed E-state index contributed by atoms with van der Waals surface area (Å²) < 4.78 is 12.1. The summed E-state index contributed by atoms with van der Waals surface area (Å²) in [6.45, 7) is 8.95. The van der Waals surface area contributed by atoms with Crippen molar-refractivity contribution in [1.82, 2.24) is 0 Å². The van der Waals surface area contributed by atoms with Gasteiger partial charge in [0, 0.05) is 26.2 Å². The molecule has 2 aliphatic heterocycles. The van der Waals surface area contributed by atoms with Gasteiger partial charge in [0.05, 0.1) is 30.0 Å². The Kier molecular flexibility index (Phi) is 3.30. The highest BCUT2D eigenvalue weighted by molar-refractivity contribution is 5.09. The second kappa shape index (κ2) is 4.71. The molecule has 3 fully saturated rings. The SMILES string of the molecule is [C-]#[N+][C@H](C)CC1CC[C@@H]2O[C@@H]3C[C@]2(C[C@@H](O)C3O)O1. The van der Waals surface area contributed by atoms with Crippen molar-refractivity contribution in [2.75, 3.05) is 0 Å². The summed E-state index contributed by atoms with van der Waals surface area (Å²) in [7, 11) is 0. The van der Waals surface area contributed by atoms with Gasteiger partial charge in [0.15, 0.2) is 0 Å². The highest BCUT2D eigenvalue weighted by atomic mass is 16.6. The molecule has 2 unspecified atom stereocenters. The molecule has 7 atom stereocenters. The number of rotatable bonds is 2. The fraction of sp³-hybridized carbons (Fsp3) is 0.929. The molecular weight excluding hydrogens is 246 g/mol. The second-order valence-corrected chi connectivity index (χ2v) is 6.23. The van der Waals surface area contributed by atoms with Gasteiger partial charge in [0.1, 0.15) is 6.10 Å². The van der Waals surface area contributed by atoms with Crippen molar-refractivity contribution >= 4 is 0 Å². The maximum atomic E-state index is 9.95. The summed E-state index contributed by atoms with van der Waals surface area (Å²) in [4.78, 5) is 3.52. The lowest BCUT2D eigenvalue weighted by Crippen LogP contribution is -2.54. The summed E-state index contributed by atoms with van der Waals surface area (Å²) in [5, 5.41) is 19.8. The van der Waals surface area contributed by atoms with Crippen molar-refractivity contribution in [1.29, 1.82) is 0 Å². The van der Waals surface area contributed by atoms with Crippen molar-refractivity contribution in [3.63, 3.8) is 0 Å². The fourth-order valence-corrected chi connectivity index (χ4v) is 3.82.